The van der Waals surface area contributed by atoms with Crippen LogP contribution in [0, 0.1) is 0 Å². The van der Waals surface area contributed by atoms with E-state index in [0.29, 0.717) is 18.5 Å². The van der Waals surface area contributed by atoms with Gasteiger partial charge < -0.3 is 19.8 Å². The molecule has 6 nitrogen and oxygen atoms in total. The number of aromatic nitrogens is 2. The highest BCUT2D eigenvalue weighted by Crippen LogP contribution is 2.16. The summed E-state index contributed by atoms with van der Waals surface area (Å²) in [6.07, 6.45) is 1.07. The molecule has 1 unspecified atom stereocenters. The molecule has 2 rings (SSSR count). The summed E-state index contributed by atoms with van der Waals surface area (Å²) in [4.78, 5) is 0. The third kappa shape index (κ3) is 4.46. The average Bonchev–Trinajstić information content (AvgIpc) is 3.00. The molecule has 0 radical (unpaired) electrons. The van der Waals surface area contributed by atoms with Gasteiger partial charge in [-0.3, -0.25) is 0 Å². The van der Waals surface area contributed by atoms with E-state index in [9.17, 15) is 0 Å². The fraction of sp³-hybridized carbons (Fsp3) is 0.467. The number of benzene rings is 1. The molecule has 21 heavy (non-hydrogen) atoms. The van der Waals surface area contributed by atoms with Crippen LogP contribution >= 0.6 is 0 Å². The van der Waals surface area contributed by atoms with Gasteiger partial charge in [0.2, 0.25) is 5.89 Å². The van der Waals surface area contributed by atoms with Gasteiger partial charge in [0.1, 0.15) is 5.75 Å². The van der Waals surface area contributed by atoms with Crippen LogP contribution in [0.15, 0.2) is 28.7 Å². The molecule has 0 saturated carbocycles. The highest BCUT2D eigenvalue weighted by molar-refractivity contribution is 5.31. The summed E-state index contributed by atoms with van der Waals surface area (Å²) in [6.45, 7) is 5.66. The molecule has 1 atom stereocenters. The Morgan fingerprint density at radius 1 is 1.33 bits per heavy atom. The number of ether oxygens (including phenoxy) is 1. The van der Waals surface area contributed by atoms with Gasteiger partial charge in [0.15, 0.2) is 0 Å². The van der Waals surface area contributed by atoms with Gasteiger partial charge in [-0.25, -0.2) is 0 Å². The topological polar surface area (TPSA) is 72.2 Å². The Bertz CT molecular complexity index is 556. The first kappa shape index (κ1) is 15.3. The summed E-state index contributed by atoms with van der Waals surface area (Å²) in [7, 11) is 1.65. The van der Waals surface area contributed by atoms with Crippen molar-refractivity contribution in [2.24, 2.45) is 0 Å². The molecule has 114 valence electrons. The first-order valence-electron chi connectivity index (χ1n) is 7.16. The monoisotopic (exact) mass is 290 g/mol. The van der Waals surface area contributed by atoms with Gasteiger partial charge in [0.05, 0.1) is 13.2 Å². The summed E-state index contributed by atoms with van der Waals surface area (Å²) in [5, 5.41) is 14.5. The Labute approximate surface area is 124 Å². The number of rotatable bonds is 8. The number of anilines is 1. The maximum absolute atomic E-state index is 5.59. The molecule has 0 amide bonds. The van der Waals surface area contributed by atoms with Crippen molar-refractivity contribution >= 4 is 6.01 Å². The summed E-state index contributed by atoms with van der Waals surface area (Å²) >= 11 is 0. The summed E-state index contributed by atoms with van der Waals surface area (Å²) in [6, 6.07) is 8.33. The Morgan fingerprint density at radius 3 is 2.95 bits per heavy atom. The molecule has 2 aromatic rings. The first-order valence-corrected chi connectivity index (χ1v) is 7.16. The minimum absolute atomic E-state index is 0.0600. The SMILES string of the molecule is CCCNC(C)c1nnc(NCc2cccc(OC)c2)o1. The second kappa shape index (κ2) is 7.64. The van der Waals surface area contributed by atoms with Crippen molar-refractivity contribution in [3.05, 3.63) is 35.7 Å². The van der Waals surface area contributed by atoms with E-state index in [2.05, 4.69) is 27.8 Å². The van der Waals surface area contributed by atoms with Crippen LogP contribution in [0.2, 0.25) is 0 Å². The molecule has 2 N–H and O–H groups in total. The van der Waals surface area contributed by atoms with Crippen LogP contribution in [0.1, 0.15) is 37.8 Å². The number of hydrogen-bond acceptors (Lipinski definition) is 6. The zero-order chi connectivity index (χ0) is 15.1. The molecule has 1 aromatic carbocycles. The Balaban J connectivity index is 1.90. The molecule has 0 aliphatic heterocycles. The molecule has 1 heterocycles. The van der Waals surface area contributed by atoms with Gasteiger partial charge in [0, 0.05) is 6.54 Å². The van der Waals surface area contributed by atoms with E-state index in [1.165, 1.54) is 0 Å². The maximum Gasteiger partial charge on any atom is 0.315 e. The van der Waals surface area contributed by atoms with E-state index in [4.69, 9.17) is 9.15 Å². The highest BCUT2D eigenvalue weighted by Gasteiger charge is 2.12. The van der Waals surface area contributed by atoms with Crippen LogP contribution in [0.4, 0.5) is 6.01 Å². The normalized spacial score (nSPS) is 12.1. The molecule has 6 heteroatoms. The van der Waals surface area contributed by atoms with Crippen molar-refractivity contribution in [1.82, 2.24) is 15.5 Å². The van der Waals surface area contributed by atoms with Crippen LogP contribution < -0.4 is 15.4 Å². The maximum atomic E-state index is 5.59. The predicted molar refractivity (Wildman–Crippen MR) is 81.3 cm³/mol. The van der Waals surface area contributed by atoms with Crippen molar-refractivity contribution in [3.8, 4) is 5.75 Å². The van der Waals surface area contributed by atoms with Crippen molar-refractivity contribution in [1.29, 1.82) is 0 Å². The molecule has 0 spiro atoms. The van der Waals surface area contributed by atoms with Gasteiger partial charge in [0.25, 0.3) is 0 Å². The van der Waals surface area contributed by atoms with Crippen molar-refractivity contribution < 1.29 is 9.15 Å². The van der Waals surface area contributed by atoms with Gasteiger partial charge in [-0.2, -0.15) is 0 Å². The van der Waals surface area contributed by atoms with Crippen LogP contribution in [-0.2, 0) is 6.54 Å². The molecule has 0 aliphatic rings. The molecule has 0 bridgehead atoms. The zero-order valence-corrected chi connectivity index (χ0v) is 12.7. The second-order valence-corrected chi connectivity index (χ2v) is 4.83. The largest absolute Gasteiger partial charge is 0.497 e. The summed E-state index contributed by atoms with van der Waals surface area (Å²) in [5.41, 5.74) is 1.09. The second-order valence-electron chi connectivity index (χ2n) is 4.83. The van der Waals surface area contributed by atoms with Crippen molar-refractivity contribution in [2.45, 2.75) is 32.9 Å². The van der Waals surface area contributed by atoms with E-state index >= 15 is 0 Å². The van der Waals surface area contributed by atoms with Crippen LogP contribution in [0.25, 0.3) is 0 Å². The third-order valence-electron chi connectivity index (χ3n) is 3.09. The first-order chi connectivity index (χ1) is 10.2. The Hall–Kier alpha value is -2.08. The Kier molecular flexibility index (Phi) is 5.57. The third-order valence-corrected chi connectivity index (χ3v) is 3.09. The van der Waals surface area contributed by atoms with Gasteiger partial charge in [-0.05, 0) is 37.6 Å². The Morgan fingerprint density at radius 2 is 2.19 bits per heavy atom. The minimum atomic E-state index is 0.0600. The molecule has 0 aliphatic carbocycles. The standard InChI is InChI=1S/C15H22N4O2/c1-4-8-16-11(2)14-18-19-15(21-14)17-10-12-6-5-7-13(9-12)20-3/h5-7,9,11,16H,4,8,10H2,1-3H3,(H,17,19). The van der Waals surface area contributed by atoms with Gasteiger partial charge in [-0.15, -0.1) is 5.10 Å². The number of hydrogen-bond donors (Lipinski definition) is 2. The minimum Gasteiger partial charge on any atom is -0.497 e. The fourth-order valence-corrected chi connectivity index (χ4v) is 1.89. The number of nitrogens with zero attached hydrogens (tertiary/aromatic N) is 2. The lowest BCUT2D eigenvalue weighted by atomic mass is 10.2. The molecular formula is C15H22N4O2. The molecule has 0 fully saturated rings. The molecule has 0 saturated heterocycles. The van der Waals surface area contributed by atoms with Crippen molar-refractivity contribution in [3.63, 3.8) is 0 Å². The average molecular weight is 290 g/mol. The van der Waals surface area contributed by atoms with Gasteiger partial charge >= 0.3 is 6.01 Å². The lowest BCUT2D eigenvalue weighted by Gasteiger charge is -2.07. The van der Waals surface area contributed by atoms with E-state index in [1.807, 2.05) is 31.2 Å². The summed E-state index contributed by atoms with van der Waals surface area (Å²) < 4.78 is 10.8. The van der Waals surface area contributed by atoms with E-state index in [1.54, 1.807) is 7.11 Å². The predicted octanol–water partition coefficient (Wildman–Crippen LogP) is 2.75. The quantitative estimate of drug-likeness (QED) is 0.779. The van der Waals surface area contributed by atoms with E-state index in [0.717, 1.165) is 24.3 Å². The van der Waals surface area contributed by atoms with Crippen molar-refractivity contribution in [2.75, 3.05) is 19.0 Å². The smallest absolute Gasteiger partial charge is 0.315 e. The fourth-order valence-electron chi connectivity index (χ4n) is 1.89. The lowest BCUT2D eigenvalue weighted by molar-refractivity contribution is 0.414. The number of methoxy groups -OCH3 is 1. The van der Waals surface area contributed by atoms with Crippen LogP contribution in [0.3, 0.4) is 0 Å². The molecule has 1 aromatic heterocycles. The van der Waals surface area contributed by atoms with Gasteiger partial charge in [-0.1, -0.05) is 24.2 Å². The molecular weight excluding hydrogens is 268 g/mol. The van der Waals surface area contributed by atoms with Crippen LogP contribution in [-0.4, -0.2) is 23.9 Å². The number of nitrogens with one attached hydrogen (secondary N) is 2. The summed E-state index contributed by atoms with van der Waals surface area (Å²) in [5.74, 6) is 1.43. The van der Waals surface area contributed by atoms with E-state index in [-0.39, 0.29) is 6.04 Å². The van der Waals surface area contributed by atoms with Crippen LogP contribution in [0.5, 0.6) is 5.75 Å². The highest BCUT2D eigenvalue weighted by atomic mass is 16.5. The van der Waals surface area contributed by atoms with E-state index < -0.39 is 0 Å². The lowest BCUT2D eigenvalue weighted by Crippen LogP contribution is -2.19. The zero-order valence-electron chi connectivity index (χ0n) is 12.7.